The van der Waals surface area contributed by atoms with Crippen LogP contribution in [0.2, 0.25) is 0 Å². The van der Waals surface area contributed by atoms with E-state index in [9.17, 15) is 4.79 Å². The first-order valence-corrected chi connectivity index (χ1v) is 10.8. The Bertz CT molecular complexity index is 623. The summed E-state index contributed by atoms with van der Waals surface area (Å²) < 4.78 is 1.84. The van der Waals surface area contributed by atoms with E-state index < -0.39 is 0 Å². The van der Waals surface area contributed by atoms with E-state index in [1.165, 1.54) is 90.6 Å². The molecule has 1 aromatic rings. The van der Waals surface area contributed by atoms with Crippen molar-refractivity contribution in [2.24, 2.45) is 5.92 Å². The van der Waals surface area contributed by atoms with Crippen molar-refractivity contribution >= 4 is 0 Å². The van der Waals surface area contributed by atoms with E-state index in [1.807, 2.05) is 4.57 Å². The molecule has 0 atom stereocenters. The van der Waals surface area contributed by atoms with Gasteiger partial charge in [0.15, 0.2) is 0 Å². The predicted octanol–water partition coefficient (Wildman–Crippen LogP) is 2.71. The predicted molar refractivity (Wildman–Crippen MR) is 105 cm³/mol. The Morgan fingerprint density at radius 2 is 1.54 bits per heavy atom. The molecule has 0 unspecified atom stereocenters. The first kappa shape index (κ1) is 18.2. The molecule has 0 bridgehead atoms. The van der Waals surface area contributed by atoms with Crippen LogP contribution in [0.25, 0.3) is 0 Å². The van der Waals surface area contributed by atoms with Gasteiger partial charge in [-0.25, -0.2) is 4.98 Å². The number of aromatic nitrogens is 2. The fourth-order valence-corrected chi connectivity index (χ4v) is 4.49. The number of likely N-dealkylation sites (tertiary alicyclic amines) is 2. The molecule has 0 radical (unpaired) electrons. The van der Waals surface area contributed by atoms with Gasteiger partial charge in [-0.15, -0.1) is 0 Å². The Kier molecular flexibility index (Phi) is 6.05. The monoisotopic (exact) mass is 358 g/mol. The van der Waals surface area contributed by atoms with Crippen LogP contribution < -0.4 is 5.56 Å². The van der Waals surface area contributed by atoms with E-state index in [-0.39, 0.29) is 5.56 Å². The lowest BCUT2D eigenvalue weighted by Gasteiger charge is -2.33. The second-order valence-electron chi connectivity index (χ2n) is 8.62. The second kappa shape index (κ2) is 8.66. The molecule has 0 amide bonds. The molecular formula is C21H34N4O. The Morgan fingerprint density at radius 3 is 2.15 bits per heavy atom. The van der Waals surface area contributed by atoms with Gasteiger partial charge in [0, 0.05) is 31.6 Å². The van der Waals surface area contributed by atoms with Crippen molar-refractivity contribution in [1.29, 1.82) is 0 Å². The molecule has 3 aliphatic rings. The van der Waals surface area contributed by atoms with Crippen LogP contribution in [-0.4, -0.2) is 58.6 Å². The quantitative estimate of drug-likeness (QED) is 0.784. The fraction of sp³-hybridized carbons (Fsp3) is 0.810. The Labute approximate surface area is 157 Å². The Balaban J connectivity index is 1.20. The van der Waals surface area contributed by atoms with E-state index in [0.717, 1.165) is 12.2 Å². The molecule has 5 heteroatoms. The molecule has 1 aromatic heterocycles. The molecular weight excluding hydrogens is 324 g/mol. The summed E-state index contributed by atoms with van der Waals surface area (Å²) in [5, 5.41) is 0. The zero-order valence-corrected chi connectivity index (χ0v) is 16.1. The average molecular weight is 359 g/mol. The van der Waals surface area contributed by atoms with Gasteiger partial charge in [0.1, 0.15) is 0 Å². The summed E-state index contributed by atoms with van der Waals surface area (Å²) in [6.07, 6.45) is 12.2. The van der Waals surface area contributed by atoms with Gasteiger partial charge >= 0.3 is 0 Å². The van der Waals surface area contributed by atoms with Gasteiger partial charge in [-0.3, -0.25) is 9.36 Å². The molecule has 144 valence electrons. The topological polar surface area (TPSA) is 41.4 Å². The second-order valence-corrected chi connectivity index (χ2v) is 8.62. The van der Waals surface area contributed by atoms with E-state index >= 15 is 0 Å². The zero-order valence-electron chi connectivity index (χ0n) is 16.1. The minimum atomic E-state index is 0.144. The third kappa shape index (κ3) is 4.95. The lowest BCUT2D eigenvalue weighted by Crippen LogP contribution is -2.41. The van der Waals surface area contributed by atoms with Gasteiger partial charge in [-0.2, -0.15) is 0 Å². The molecule has 2 aliphatic heterocycles. The summed E-state index contributed by atoms with van der Waals surface area (Å²) in [5.74, 6) is 1.18. The van der Waals surface area contributed by atoms with Crippen molar-refractivity contribution < 1.29 is 0 Å². The average Bonchev–Trinajstić information content (AvgIpc) is 3.50. The largest absolute Gasteiger partial charge is 0.302 e. The van der Waals surface area contributed by atoms with Gasteiger partial charge in [0.2, 0.25) is 0 Å². The molecule has 1 aliphatic carbocycles. The summed E-state index contributed by atoms with van der Waals surface area (Å²) in [7, 11) is 0. The van der Waals surface area contributed by atoms with Crippen molar-refractivity contribution in [2.75, 3.05) is 39.3 Å². The third-order valence-corrected chi connectivity index (χ3v) is 6.49. The lowest BCUT2D eigenvalue weighted by atomic mass is 9.96. The summed E-state index contributed by atoms with van der Waals surface area (Å²) in [4.78, 5) is 22.1. The molecule has 3 fully saturated rings. The van der Waals surface area contributed by atoms with Crippen LogP contribution in [0.1, 0.15) is 63.0 Å². The van der Waals surface area contributed by atoms with Crippen molar-refractivity contribution in [2.45, 2.75) is 63.8 Å². The van der Waals surface area contributed by atoms with Crippen molar-refractivity contribution in [3.63, 3.8) is 0 Å². The summed E-state index contributed by atoms with van der Waals surface area (Å²) >= 11 is 0. The molecule has 3 heterocycles. The SMILES string of the molecule is O=c1cc(C2CC2)ncn1CC1CCN(CCN2CCCCCC2)CC1. The minimum absolute atomic E-state index is 0.144. The van der Waals surface area contributed by atoms with E-state index in [1.54, 1.807) is 12.4 Å². The first-order chi connectivity index (χ1) is 12.8. The van der Waals surface area contributed by atoms with Gasteiger partial charge in [-0.05, 0) is 70.6 Å². The summed E-state index contributed by atoms with van der Waals surface area (Å²) in [6, 6.07) is 1.77. The molecule has 26 heavy (non-hydrogen) atoms. The number of hydrogen-bond donors (Lipinski definition) is 0. The van der Waals surface area contributed by atoms with Crippen molar-refractivity contribution in [3.8, 4) is 0 Å². The minimum Gasteiger partial charge on any atom is -0.302 e. The first-order valence-electron chi connectivity index (χ1n) is 10.8. The number of piperidine rings is 1. The highest BCUT2D eigenvalue weighted by atomic mass is 16.1. The maximum absolute atomic E-state index is 12.3. The fourth-order valence-electron chi connectivity index (χ4n) is 4.49. The molecule has 0 aromatic carbocycles. The highest BCUT2D eigenvalue weighted by molar-refractivity contribution is 5.12. The highest BCUT2D eigenvalue weighted by Gasteiger charge is 2.26. The van der Waals surface area contributed by atoms with Crippen LogP contribution >= 0.6 is 0 Å². The highest BCUT2D eigenvalue weighted by Crippen LogP contribution is 2.38. The lowest BCUT2D eigenvalue weighted by molar-refractivity contribution is 0.149. The Hall–Kier alpha value is -1.20. The molecule has 5 nitrogen and oxygen atoms in total. The van der Waals surface area contributed by atoms with Gasteiger partial charge in [-0.1, -0.05) is 12.8 Å². The van der Waals surface area contributed by atoms with Gasteiger partial charge in [0.25, 0.3) is 5.56 Å². The van der Waals surface area contributed by atoms with E-state index in [4.69, 9.17) is 0 Å². The van der Waals surface area contributed by atoms with Crippen LogP contribution in [0.5, 0.6) is 0 Å². The van der Waals surface area contributed by atoms with E-state index in [0.29, 0.717) is 11.8 Å². The van der Waals surface area contributed by atoms with Crippen LogP contribution in [0.4, 0.5) is 0 Å². The van der Waals surface area contributed by atoms with Crippen molar-refractivity contribution in [3.05, 3.63) is 28.4 Å². The number of rotatable bonds is 6. The molecule has 1 saturated carbocycles. The standard InChI is InChI=1S/C21H34N4O/c26-21-15-20(19-5-6-19)22-17-25(21)16-18-7-11-24(12-8-18)14-13-23-9-3-1-2-4-10-23/h15,17-19H,1-14,16H2. The maximum Gasteiger partial charge on any atom is 0.253 e. The molecule has 0 N–H and O–H groups in total. The summed E-state index contributed by atoms with van der Waals surface area (Å²) in [6.45, 7) is 8.24. The Morgan fingerprint density at radius 1 is 0.885 bits per heavy atom. The smallest absolute Gasteiger partial charge is 0.253 e. The normalized spacial score (nSPS) is 23.8. The van der Waals surface area contributed by atoms with E-state index in [2.05, 4.69) is 14.8 Å². The molecule has 2 saturated heterocycles. The van der Waals surface area contributed by atoms with Crippen LogP contribution in [-0.2, 0) is 6.54 Å². The molecule has 0 spiro atoms. The van der Waals surface area contributed by atoms with Crippen molar-refractivity contribution in [1.82, 2.24) is 19.4 Å². The van der Waals surface area contributed by atoms with Crippen LogP contribution in [0.15, 0.2) is 17.2 Å². The zero-order chi connectivity index (χ0) is 17.8. The number of hydrogen-bond acceptors (Lipinski definition) is 4. The number of nitrogens with zero attached hydrogens (tertiary/aromatic N) is 4. The third-order valence-electron chi connectivity index (χ3n) is 6.49. The van der Waals surface area contributed by atoms with Crippen LogP contribution in [0.3, 0.4) is 0 Å². The van der Waals surface area contributed by atoms with Gasteiger partial charge < -0.3 is 9.80 Å². The van der Waals surface area contributed by atoms with Crippen LogP contribution in [0, 0.1) is 5.92 Å². The molecule has 4 rings (SSSR count). The van der Waals surface area contributed by atoms with Gasteiger partial charge in [0.05, 0.1) is 12.0 Å². The summed E-state index contributed by atoms with van der Waals surface area (Å²) in [5.41, 5.74) is 1.15. The maximum atomic E-state index is 12.3.